The van der Waals surface area contributed by atoms with Crippen LogP contribution in [0.25, 0.3) is 0 Å². The number of nitrogens with one attached hydrogen (secondary N) is 1. The zero-order chi connectivity index (χ0) is 18.7. The molecule has 0 fully saturated rings. The molecule has 0 atom stereocenters. The zero-order valence-corrected chi connectivity index (χ0v) is 16.0. The topological polar surface area (TPSA) is 80.5 Å². The molecule has 3 rings (SSSR count). The smallest absolute Gasteiger partial charge is 0.127 e. The number of aromatic amines is 1. The monoisotopic (exact) mass is 343 g/mol. The lowest BCUT2D eigenvalue weighted by molar-refractivity contribution is 0.418. The van der Waals surface area contributed by atoms with Gasteiger partial charge in [0.05, 0.1) is 6.20 Å². The highest BCUT2D eigenvalue weighted by atomic mass is 16.5. The second-order valence-corrected chi connectivity index (χ2v) is 6.61. The fourth-order valence-electron chi connectivity index (χ4n) is 1.70. The van der Waals surface area contributed by atoms with E-state index in [-0.39, 0.29) is 0 Å². The van der Waals surface area contributed by atoms with Crippen LogP contribution in [0.15, 0.2) is 48.0 Å². The molecule has 0 aromatic carbocycles. The van der Waals surface area contributed by atoms with E-state index < -0.39 is 0 Å². The maximum absolute atomic E-state index is 4.63. The van der Waals surface area contributed by atoms with Gasteiger partial charge in [-0.25, -0.2) is 9.97 Å². The van der Waals surface area contributed by atoms with Crippen LogP contribution in [0.3, 0.4) is 0 Å². The van der Waals surface area contributed by atoms with Crippen LogP contribution >= 0.6 is 0 Å². The zero-order valence-electron chi connectivity index (χ0n) is 16.0. The van der Waals surface area contributed by atoms with E-state index >= 15 is 0 Å². The Hall–Kier alpha value is -2.50. The lowest BCUT2D eigenvalue weighted by Crippen LogP contribution is -1.88. The van der Waals surface area contributed by atoms with Crippen LogP contribution in [0.5, 0.6) is 0 Å². The fraction of sp³-hybridized carbons (Fsp3) is 0.474. The maximum atomic E-state index is 4.63. The van der Waals surface area contributed by atoms with Crippen LogP contribution < -0.4 is 0 Å². The van der Waals surface area contributed by atoms with E-state index in [1.165, 1.54) is 11.3 Å². The second-order valence-electron chi connectivity index (χ2n) is 6.61. The Balaban J connectivity index is 0.000000188. The Morgan fingerprint density at radius 1 is 0.840 bits per heavy atom. The largest absolute Gasteiger partial charge is 0.364 e. The number of H-pyrrole nitrogens is 1. The Morgan fingerprint density at radius 2 is 1.48 bits per heavy atom. The maximum Gasteiger partial charge on any atom is 0.127 e. The van der Waals surface area contributed by atoms with Gasteiger partial charge in [-0.2, -0.15) is 5.10 Å². The number of rotatable bonds is 3. The molecule has 3 aromatic heterocycles. The van der Waals surface area contributed by atoms with E-state index in [1.54, 1.807) is 25.0 Å². The lowest BCUT2D eigenvalue weighted by atomic mass is 10.1. The van der Waals surface area contributed by atoms with Crippen LogP contribution in [0.4, 0.5) is 0 Å². The van der Waals surface area contributed by atoms with Crippen molar-refractivity contribution >= 4 is 0 Å². The molecule has 0 unspecified atom stereocenters. The Kier molecular flexibility index (Phi) is 9.14. The molecule has 3 heterocycles. The summed E-state index contributed by atoms with van der Waals surface area (Å²) in [7, 11) is 0. The third-order valence-electron chi connectivity index (χ3n) is 3.51. The summed E-state index contributed by atoms with van der Waals surface area (Å²) in [6, 6.07) is 1.99. The molecule has 1 N–H and O–H groups in total. The summed E-state index contributed by atoms with van der Waals surface area (Å²) in [4.78, 5) is 7.79. The summed E-state index contributed by atoms with van der Waals surface area (Å²) in [5, 5.41) is 10.3. The Bertz CT molecular complexity index is 608. The van der Waals surface area contributed by atoms with Gasteiger partial charge in [0.2, 0.25) is 0 Å². The van der Waals surface area contributed by atoms with Gasteiger partial charge in [0.15, 0.2) is 0 Å². The highest BCUT2D eigenvalue weighted by Crippen LogP contribution is 2.11. The van der Waals surface area contributed by atoms with Crippen LogP contribution in [0.2, 0.25) is 0 Å². The van der Waals surface area contributed by atoms with Crippen LogP contribution in [-0.4, -0.2) is 25.3 Å². The molecule has 0 saturated carbocycles. The van der Waals surface area contributed by atoms with E-state index in [0.29, 0.717) is 17.8 Å². The van der Waals surface area contributed by atoms with Crippen molar-refractivity contribution in [1.29, 1.82) is 0 Å². The van der Waals surface area contributed by atoms with Crippen molar-refractivity contribution in [1.82, 2.24) is 25.3 Å². The third kappa shape index (κ3) is 8.24. The van der Waals surface area contributed by atoms with Crippen molar-refractivity contribution in [3.8, 4) is 0 Å². The minimum atomic E-state index is 0.529. The minimum Gasteiger partial charge on any atom is -0.364 e. The van der Waals surface area contributed by atoms with Crippen LogP contribution in [-0.2, 0) is 0 Å². The summed E-state index contributed by atoms with van der Waals surface area (Å²) in [6.45, 7) is 12.7. The van der Waals surface area contributed by atoms with Crippen molar-refractivity contribution in [2.75, 3.05) is 0 Å². The number of hydrogen-bond donors (Lipinski definition) is 1. The van der Waals surface area contributed by atoms with Crippen molar-refractivity contribution in [2.45, 2.75) is 59.3 Å². The highest BCUT2D eigenvalue weighted by molar-refractivity contribution is 5.07. The minimum absolute atomic E-state index is 0.529. The summed E-state index contributed by atoms with van der Waals surface area (Å²) >= 11 is 0. The van der Waals surface area contributed by atoms with Gasteiger partial charge in [-0.1, -0.05) is 46.7 Å². The first-order valence-electron chi connectivity index (χ1n) is 8.55. The second kappa shape index (κ2) is 11.1. The van der Waals surface area contributed by atoms with Gasteiger partial charge in [0, 0.05) is 29.8 Å². The molecule has 0 aliphatic rings. The average Bonchev–Trinajstić information content (AvgIpc) is 3.30. The molecule has 0 radical (unpaired) electrons. The molecule has 136 valence electrons. The third-order valence-corrected chi connectivity index (χ3v) is 3.51. The summed E-state index contributed by atoms with van der Waals surface area (Å²) in [5.74, 6) is 1.63. The molecule has 0 saturated heterocycles. The Morgan fingerprint density at radius 3 is 1.76 bits per heavy atom. The lowest BCUT2D eigenvalue weighted by Gasteiger charge is -1.99. The van der Waals surface area contributed by atoms with Crippen molar-refractivity contribution < 1.29 is 4.52 Å². The van der Waals surface area contributed by atoms with E-state index in [0.717, 1.165) is 5.56 Å². The molecule has 0 spiro atoms. The number of hydrogen-bond acceptors (Lipinski definition) is 5. The highest BCUT2D eigenvalue weighted by Gasteiger charge is 1.98. The molecule has 25 heavy (non-hydrogen) atoms. The molecule has 0 aliphatic carbocycles. The molecular weight excluding hydrogens is 314 g/mol. The molecule has 0 bridgehead atoms. The van der Waals surface area contributed by atoms with Gasteiger partial charge in [0.1, 0.15) is 12.6 Å². The first kappa shape index (κ1) is 20.5. The van der Waals surface area contributed by atoms with Crippen LogP contribution in [0, 0.1) is 0 Å². The molecular formula is C19H29N5O. The van der Waals surface area contributed by atoms with Gasteiger partial charge in [-0.05, 0) is 29.4 Å². The molecule has 0 amide bonds. The van der Waals surface area contributed by atoms with Gasteiger partial charge in [0.25, 0.3) is 0 Å². The van der Waals surface area contributed by atoms with Crippen molar-refractivity contribution in [2.24, 2.45) is 0 Å². The fourth-order valence-corrected chi connectivity index (χ4v) is 1.70. The van der Waals surface area contributed by atoms with Gasteiger partial charge in [-0.15, -0.1) is 0 Å². The summed E-state index contributed by atoms with van der Waals surface area (Å²) in [6.07, 6.45) is 10.4. The predicted molar refractivity (Wildman–Crippen MR) is 99.4 cm³/mol. The predicted octanol–water partition coefficient (Wildman–Crippen LogP) is 4.93. The quantitative estimate of drug-likeness (QED) is 0.729. The SMILES string of the molecule is CC(C)c1ccn[nH]1.CC(C)c1cncnc1.CC(C)c1cnoc1. The Labute approximate surface area is 150 Å². The van der Waals surface area contributed by atoms with E-state index in [2.05, 4.69) is 71.4 Å². The van der Waals surface area contributed by atoms with Gasteiger partial charge < -0.3 is 4.52 Å². The number of aromatic nitrogens is 5. The molecule has 6 nitrogen and oxygen atoms in total. The first-order valence-corrected chi connectivity index (χ1v) is 8.55. The van der Waals surface area contributed by atoms with Crippen molar-refractivity contribution in [3.05, 3.63) is 60.3 Å². The summed E-state index contributed by atoms with van der Waals surface area (Å²) in [5.41, 5.74) is 3.55. The molecule has 3 aromatic rings. The molecule has 6 heteroatoms. The number of nitrogens with zero attached hydrogens (tertiary/aromatic N) is 4. The average molecular weight is 343 g/mol. The van der Waals surface area contributed by atoms with Crippen LogP contribution in [0.1, 0.15) is 76.1 Å². The standard InChI is InChI=1S/C7H10N2.C6H10N2.C6H9NO/c1-6(2)7-3-8-5-9-4-7;1-5(2)6-3-4-7-8-6;1-5(2)6-3-7-8-4-6/h3-6H,1-2H3;3-5H,1-2H3,(H,7,8);3-5H,1-2H3. The summed E-state index contributed by atoms with van der Waals surface area (Å²) < 4.78 is 4.63. The molecule has 0 aliphatic heterocycles. The van der Waals surface area contributed by atoms with E-state index in [1.807, 2.05) is 18.5 Å². The van der Waals surface area contributed by atoms with E-state index in [4.69, 9.17) is 0 Å². The van der Waals surface area contributed by atoms with Crippen molar-refractivity contribution in [3.63, 3.8) is 0 Å². The first-order chi connectivity index (χ1) is 11.9. The van der Waals surface area contributed by atoms with E-state index in [9.17, 15) is 0 Å². The van der Waals surface area contributed by atoms with Gasteiger partial charge >= 0.3 is 0 Å². The normalized spacial score (nSPS) is 10.3. The van der Waals surface area contributed by atoms with Gasteiger partial charge in [-0.3, -0.25) is 5.10 Å².